The Hall–Kier alpha value is -2.72. The van der Waals surface area contributed by atoms with Gasteiger partial charge in [0.05, 0.1) is 49.0 Å². The summed E-state index contributed by atoms with van der Waals surface area (Å²) < 4.78 is 36.9. The van der Waals surface area contributed by atoms with Crippen molar-refractivity contribution in [3.8, 4) is 11.5 Å². The van der Waals surface area contributed by atoms with Crippen molar-refractivity contribution in [3.63, 3.8) is 0 Å². The lowest BCUT2D eigenvalue weighted by molar-refractivity contribution is 0.0358. The van der Waals surface area contributed by atoms with Gasteiger partial charge in [-0.2, -0.15) is 0 Å². The molecule has 1 unspecified atom stereocenters. The molecule has 5 rings (SSSR count). The molecule has 2 fully saturated rings. The first-order valence-corrected chi connectivity index (χ1v) is 12.2. The van der Waals surface area contributed by atoms with Crippen molar-refractivity contribution in [1.82, 2.24) is 14.9 Å². The van der Waals surface area contributed by atoms with Crippen molar-refractivity contribution in [2.75, 3.05) is 58.0 Å². The number of ether oxygens (including phenoxy) is 4. The van der Waals surface area contributed by atoms with E-state index in [0.717, 1.165) is 45.7 Å². The molecule has 0 spiro atoms. The number of halogens is 2. The van der Waals surface area contributed by atoms with E-state index < -0.39 is 5.82 Å². The summed E-state index contributed by atoms with van der Waals surface area (Å²) in [6, 6.07) is 8.19. The summed E-state index contributed by atoms with van der Waals surface area (Å²) >= 11 is 5.96. The van der Waals surface area contributed by atoms with Crippen LogP contribution in [0.4, 0.5) is 15.9 Å². The van der Waals surface area contributed by atoms with Crippen LogP contribution in [0.5, 0.6) is 11.5 Å². The Labute approximate surface area is 208 Å². The largest absolute Gasteiger partial charge is 0.493 e. The van der Waals surface area contributed by atoms with Gasteiger partial charge in [-0.15, -0.1) is 0 Å². The summed E-state index contributed by atoms with van der Waals surface area (Å²) in [5.41, 5.74) is 1.28. The van der Waals surface area contributed by atoms with E-state index in [1.807, 2.05) is 12.1 Å². The van der Waals surface area contributed by atoms with E-state index in [0.29, 0.717) is 53.7 Å². The van der Waals surface area contributed by atoms with Crippen molar-refractivity contribution in [3.05, 3.63) is 47.5 Å². The van der Waals surface area contributed by atoms with Gasteiger partial charge in [0.2, 0.25) is 0 Å². The van der Waals surface area contributed by atoms with Crippen LogP contribution >= 0.6 is 11.6 Å². The molecule has 0 aliphatic carbocycles. The molecule has 0 amide bonds. The average molecular weight is 503 g/mol. The molecule has 35 heavy (non-hydrogen) atoms. The summed E-state index contributed by atoms with van der Waals surface area (Å²) in [4.78, 5) is 11.3. The number of hydrogen-bond donors (Lipinski definition) is 1. The Kier molecular flexibility index (Phi) is 7.78. The summed E-state index contributed by atoms with van der Waals surface area (Å²) in [5, 5.41) is 3.96. The van der Waals surface area contributed by atoms with Crippen molar-refractivity contribution in [1.29, 1.82) is 0 Å². The average Bonchev–Trinajstić information content (AvgIpc) is 3.38. The molecule has 2 aliphatic rings. The van der Waals surface area contributed by atoms with Gasteiger partial charge in [0, 0.05) is 43.9 Å². The number of hydrogen-bond acceptors (Lipinski definition) is 8. The van der Waals surface area contributed by atoms with Crippen molar-refractivity contribution in [2.24, 2.45) is 0 Å². The predicted octanol–water partition coefficient (Wildman–Crippen LogP) is 4.43. The maximum atomic E-state index is 13.6. The second-order valence-corrected chi connectivity index (χ2v) is 8.96. The van der Waals surface area contributed by atoms with Crippen LogP contribution in [0.15, 0.2) is 36.7 Å². The summed E-state index contributed by atoms with van der Waals surface area (Å²) in [6.07, 6.45) is 3.12. The van der Waals surface area contributed by atoms with Gasteiger partial charge >= 0.3 is 0 Å². The lowest BCUT2D eigenvalue weighted by atomic mass is 10.2. The highest BCUT2D eigenvalue weighted by Crippen LogP contribution is 2.37. The number of benzene rings is 2. The highest BCUT2D eigenvalue weighted by molar-refractivity contribution is 6.31. The summed E-state index contributed by atoms with van der Waals surface area (Å²) in [5.74, 6) is 1.34. The summed E-state index contributed by atoms with van der Waals surface area (Å²) in [7, 11) is 0. The number of nitrogens with zero attached hydrogens (tertiary/aromatic N) is 3. The maximum absolute atomic E-state index is 13.6. The van der Waals surface area contributed by atoms with Gasteiger partial charge in [-0.05, 0) is 24.6 Å². The molecular formula is C25H28ClFN4O4. The molecule has 8 nitrogen and oxygen atoms in total. The monoisotopic (exact) mass is 502 g/mol. The van der Waals surface area contributed by atoms with Gasteiger partial charge < -0.3 is 24.3 Å². The van der Waals surface area contributed by atoms with E-state index in [-0.39, 0.29) is 11.1 Å². The van der Waals surface area contributed by atoms with Crippen LogP contribution in [0.25, 0.3) is 10.9 Å². The normalized spacial score (nSPS) is 18.6. The van der Waals surface area contributed by atoms with Crippen LogP contribution in [0.3, 0.4) is 0 Å². The predicted molar refractivity (Wildman–Crippen MR) is 131 cm³/mol. The van der Waals surface area contributed by atoms with Crippen LogP contribution in [-0.4, -0.2) is 73.6 Å². The van der Waals surface area contributed by atoms with Crippen LogP contribution in [0.1, 0.15) is 12.8 Å². The second-order valence-electron chi connectivity index (χ2n) is 8.55. The third-order valence-corrected chi connectivity index (χ3v) is 6.32. The number of fused-ring (bicyclic) bond motifs is 1. The SMILES string of the molecule is Fc1ccc(Nc2ncnc3cc(OCCCN4CCOCC4)cc(OC4CCOC4)c23)cc1Cl. The van der Waals surface area contributed by atoms with Crippen LogP contribution in [0.2, 0.25) is 5.02 Å². The fourth-order valence-electron chi connectivity index (χ4n) is 4.20. The zero-order valence-electron chi connectivity index (χ0n) is 19.3. The Morgan fingerprint density at radius 1 is 1.11 bits per heavy atom. The van der Waals surface area contributed by atoms with Gasteiger partial charge in [0.1, 0.15) is 35.6 Å². The topological polar surface area (TPSA) is 78.0 Å². The van der Waals surface area contributed by atoms with Crippen LogP contribution in [0, 0.1) is 5.82 Å². The van der Waals surface area contributed by atoms with Gasteiger partial charge in [0.15, 0.2) is 0 Å². The number of morpholine rings is 1. The lowest BCUT2D eigenvalue weighted by Gasteiger charge is -2.26. The van der Waals surface area contributed by atoms with Crippen molar-refractivity contribution in [2.45, 2.75) is 18.9 Å². The van der Waals surface area contributed by atoms with E-state index in [2.05, 4.69) is 20.2 Å². The Balaban J connectivity index is 1.37. The summed E-state index contributed by atoms with van der Waals surface area (Å²) in [6.45, 7) is 6.24. The minimum Gasteiger partial charge on any atom is -0.493 e. The molecule has 186 valence electrons. The lowest BCUT2D eigenvalue weighted by Crippen LogP contribution is -2.37. The molecule has 0 bridgehead atoms. The van der Waals surface area contributed by atoms with Crippen LogP contribution in [-0.2, 0) is 9.47 Å². The first-order chi connectivity index (χ1) is 17.2. The molecule has 2 aromatic carbocycles. The molecule has 3 heterocycles. The van der Waals surface area contributed by atoms with Crippen molar-refractivity contribution >= 4 is 34.0 Å². The fourth-order valence-corrected chi connectivity index (χ4v) is 4.38. The Morgan fingerprint density at radius 3 is 2.80 bits per heavy atom. The van der Waals surface area contributed by atoms with Gasteiger partial charge in [0.25, 0.3) is 0 Å². The molecule has 1 atom stereocenters. The molecule has 3 aromatic rings. The number of nitrogens with one attached hydrogen (secondary N) is 1. The van der Waals surface area contributed by atoms with E-state index in [9.17, 15) is 4.39 Å². The third kappa shape index (κ3) is 6.10. The molecular weight excluding hydrogens is 475 g/mol. The van der Waals surface area contributed by atoms with Gasteiger partial charge in [-0.25, -0.2) is 14.4 Å². The highest BCUT2D eigenvalue weighted by Gasteiger charge is 2.21. The van der Waals surface area contributed by atoms with Gasteiger partial charge in [-0.3, -0.25) is 4.90 Å². The number of aromatic nitrogens is 2. The first kappa shape index (κ1) is 24.0. The fraction of sp³-hybridized carbons (Fsp3) is 0.440. The molecule has 2 saturated heterocycles. The molecule has 2 aliphatic heterocycles. The molecule has 1 aromatic heterocycles. The second kappa shape index (κ2) is 11.3. The maximum Gasteiger partial charge on any atom is 0.145 e. The number of anilines is 2. The minimum atomic E-state index is -0.481. The molecule has 0 radical (unpaired) electrons. The highest BCUT2D eigenvalue weighted by atomic mass is 35.5. The molecule has 0 saturated carbocycles. The Bertz CT molecular complexity index is 1160. The third-order valence-electron chi connectivity index (χ3n) is 6.03. The molecule has 1 N–H and O–H groups in total. The number of rotatable bonds is 9. The van der Waals surface area contributed by atoms with Gasteiger partial charge in [-0.1, -0.05) is 11.6 Å². The van der Waals surface area contributed by atoms with E-state index in [1.165, 1.54) is 18.5 Å². The Morgan fingerprint density at radius 2 is 2.00 bits per heavy atom. The molecule has 10 heteroatoms. The smallest absolute Gasteiger partial charge is 0.145 e. The van der Waals surface area contributed by atoms with E-state index in [4.69, 9.17) is 30.5 Å². The van der Waals surface area contributed by atoms with Crippen LogP contribution < -0.4 is 14.8 Å². The zero-order chi connectivity index (χ0) is 24.0. The first-order valence-electron chi connectivity index (χ1n) is 11.8. The minimum absolute atomic E-state index is 0.0284. The van der Waals surface area contributed by atoms with Crippen molar-refractivity contribution < 1.29 is 23.3 Å². The van der Waals surface area contributed by atoms with E-state index >= 15 is 0 Å². The van der Waals surface area contributed by atoms with E-state index in [1.54, 1.807) is 6.07 Å². The quantitative estimate of drug-likeness (QED) is 0.430. The zero-order valence-corrected chi connectivity index (χ0v) is 20.1. The standard InChI is InChI=1S/C25H28ClFN4O4/c26-20-12-17(2-3-21(20)27)30-25-24-22(28-16-29-25)13-19(14-23(24)35-18-4-9-33-15-18)34-8-1-5-31-6-10-32-11-7-31/h2-3,12-14,16,18H,1,4-11,15H2,(H,28,29,30).